The molecule has 1 aromatic carbocycles. The smallest absolute Gasteiger partial charge is 0.341 e. The molecule has 1 saturated heterocycles. The minimum absolute atomic E-state index is 0.206. The number of hydrogen-bond acceptors (Lipinski definition) is 6. The van der Waals surface area contributed by atoms with Gasteiger partial charge in [-0.1, -0.05) is 17.3 Å². The molecule has 0 bridgehead atoms. The number of aliphatic carboxylic acids is 1. The Hall–Kier alpha value is -2.45. The second-order valence-electron chi connectivity index (χ2n) is 6.44. The SMILES string of the molecule is O=C(O)COc1ccc(CN2CCC3OCc4cnnn4C3C2)cc1. The Balaban J connectivity index is 1.38. The highest BCUT2D eigenvalue weighted by atomic mass is 16.5. The van der Waals surface area contributed by atoms with Crippen LogP contribution in [0.15, 0.2) is 30.5 Å². The van der Waals surface area contributed by atoms with Crippen LogP contribution in [-0.2, 0) is 22.7 Å². The summed E-state index contributed by atoms with van der Waals surface area (Å²) in [5.41, 5.74) is 2.19. The molecule has 1 fully saturated rings. The van der Waals surface area contributed by atoms with Gasteiger partial charge in [-0.3, -0.25) is 4.90 Å². The zero-order valence-corrected chi connectivity index (χ0v) is 13.7. The van der Waals surface area contributed by atoms with Crippen LogP contribution in [0.25, 0.3) is 0 Å². The summed E-state index contributed by atoms with van der Waals surface area (Å²) in [5, 5.41) is 16.9. The van der Waals surface area contributed by atoms with Crippen molar-refractivity contribution in [2.45, 2.75) is 31.7 Å². The van der Waals surface area contributed by atoms with Crippen LogP contribution in [0.4, 0.5) is 0 Å². The van der Waals surface area contributed by atoms with E-state index in [0.717, 1.165) is 37.3 Å². The number of rotatable bonds is 5. The minimum Gasteiger partial charge on any atom is -0.482 e. The Bertz CT molecular complexity index is 745. The van der Waals surface area contributed by atoms with Crippen molar-refractivity contribution in [3.8, 4) is 5.75 Å². The van der Waals surface area contributed by atoms with Gasteiger partial charge in [-0.2, -0.15) is 0 Å². The van der Waals surface area contributed by atoms with Gasteiger partial charge >= 0.3 is 5.97 Å². The normalized spacial score (nSPS) is 22.9. The number of hydrogen-bond donors (Lipinski definition) is 1. The first-order chi connectivity index (χ1) is 12.2. The van der Waals surface area contributed by atoms with E-state index >= 15 is 0 Å². The Kier molecular flexibility index (Phi) is 4.37. The molecule has 2 atom stereocenters. The third kappa shape index (κ3) is 3.49. The Morgan fingerprint density at radius 3 is 3.00 bits per heavy atom. The van der Waals surface area contributed by atoms with Crippen molar-refractivity contribution in [2.24, 2.45) is 0 Å². The highest BCUT2D eigenvalue weighted by Crippen LogP contribution is 2.30. The highest BCUT2D eigenvalue weighted by Gasteiger charge is 2.36. The summed E-state index contributed by atoms with van der Waals surface area (Å²) in [6, 6.07) is 7.77. The number of carbonyl (C=O) groups is 1. The average molecular weight is 344 g/mol. The number of ether oxygens (including phenoxy) is 2. The molecule has 2 aliphatic rings. The Morgan fingerprint density at radius 2 is 2.20 bits per heavy atom. The molecule has 4 rings (SSSR count). The van der Waals surface area contributed by atoms with Gasteiger partial charge in [0, 0.05) is 19.6 Å². The summed E-state index contributed by atoms with van der Waals surface area (Å²) in [7, 11) is 0. The maximum Gasteiger partial charge on any atom is 0.341 e. The van der Waals surface area contributed by atoms with Gasteiger partial charge in [0.2, 0.25) is 0 Å². The number of nitrogens with zero attached hydrogens (tertiary/aromatic N) is 4. The fourth-order valence-electron chi connectivity index (χ4n) is 3.48. The lowest BCUT2D eigenvalue weighted by atomic mass is 10.00. The lowest BCUT2D eigenvalue weighted by molar-refractivity contribution is -0.139. The molecule has 25 heavy (non-hydrogen) atoms. The van der Waals surface area contributed by atoms with Crippen molar-refractivity contribution in [3.05, 3.63) is 41.7 Å². The number of aromatic nitrogens is 3. The molecule has 132 valence electrons. The van der Waals surface area contributed by atoms with E-state index in [-0.39, 0.29) is 18.8 Å². The minimum atomic E-state index is -0.978. The number of fused-ring (bicyclic) bond motifs is 3. The fraction of sp³-hybridized carbons (Fsp3) is 0.471. The first-order valence-corrected chi connectivity index (χ1v) is 8.35. The van der Waals surface area contributed by atoms with Crippen LogP contribution < -0.4 is 4.74 Å². The van der Waals surface area contributed by atoms with Crippen molar-refractivity contribution < 1.29 is 19.4 Å². The van der Waals surface area contributed by atoms with Crippen molar-refractivity contribution in [2.75, 3.05) is 19.7 Å². The van der Waals surface area contributed by atoms with Gasteiger partial charge in [0.15, 0.2) is 6.61 Å². The fourth-order valence-corrected chi connectivity index (χ4v) is 3.48. The molecular formula is C17H20N4O4. The van der Waals surface area contributed by atoms with Gasteiger partial charge in [0.25, 0.3) is 0 Å². The Morgan fingerprint density at radius 1 is 1.36 bits per heavy atom. The third-order valence-corrected chi connectivity index (χ3v) is 4.70. The van der Waals surface area contributed by atoms with Crippen molar-refractivity contribution in [1.82, 2.24) is 19.9 Å². The average Bonchev–Trinajstić information content (AvgIpc) is 3.10. The molecule has 2 aliphatic heterocycles. The van der Waals surface area contributed by atoms with E-state index in [9.17, 15) is 4.79 Å². The predicted molar refractivity (Wildman–Crippen MR) is 87.1 cm³/mol. The standard InChI is InChI=1S/C17H20N4O4/c22-17(23)11-24-14-3-1-12(2-4-14)8-20-6-5-16-15(9-20)21-13(10-25-16)7-18-19-21/h1-4,7,15-16H,5-6,8-11H2,(H,22,23). The molecule has 0 spiro atoms. The zero-order valence-electron chi connectivity index (χ0n) is 13.7. The van der Waals surface area contributed by atoms with Crippen molar-refractivity contribution in [3.63, 3.8) is 0 Å². The van der Waals surface area contributed by atoms with Gasteiger partial charge in [-0.05, 0) is 24.1 Å². The summed E-state index contributed by atoms with van der Waals surface area (Å²) in [6.07, 6.45) is 2.95. The summed E-state index contributed by atoms with van der Waals surface area (Å²) in [4.78, 5) is 12.9. The molecule has 1 N–H and O–H groups in total. The van der Waals surface area contributed by atoms with Gasteiger partial charge in [-0.15, -0.1) is 5.10 Å². The van der Waals surface area contributed by atoms with E-state index in [4.69, 9.17) is 14.6 Å². The Labute approximate surface area is 144 Å². The first kappa shape index (κ1) is 16.0. The highest BCUT2D eigenvalue weighted by molar-refractivity contribution is 5.68. The van der Waals surface area contributed by atoms with Crippen molar-refractivity contribution >= 4 is 5.97 Å². The van der Waals surface area contributed by atoms with E-state index in [2.05, 4.69) is 15.2 Å². The van der Waals surface area contributed by atoms with Crippen LogP contribution in [0, 0.1) is 0 Å². The molecule has 1 aromatic heterocycles. The molecule has 0 aliphatic carbocycles. The number of likely N-dealkylation sites (tertiary alicyclic amines) is 1. The van der Waals surface area contributed by atoms with Gasteiger partial charge < -0.3 is 14.6 Å². The summed E-state index contributed by atoms with van der Waals surface area (Å²) in [6.45, 7) is 2.94. The van der Waals surface area contributed by atoms with Crippen LogP contribution in [-0.4, -0.2) is 56.8 Å². The van der Waals surface area contributed by atoms with E-state index in [0.29, 0.717) is 12.4 Å². The van der Waals surface area contributed by atoms with Crippen LogP contribution in [0.5, 0.6) is 5.75 Å². The predicted octanol–water partition coefficient (Wildman–Crippen LogP) is 1.09. The third-order valence-electron chi connectivity index (χ3n) is 4.70. The summed E-state index contributed by atoms with van der Waals surface area (Å²) < 4.78 is 13.1. The summed E-state index contributed by atoms with van der Waals surface area (Å²) >= 11 is 0. The van der Waals surface area contributed by atoms with Gasteiger partial charge in [-0.25, -0.2) is 9.48 Å². The number of piperidine rings is 1. The van der Waals surface area contributed by atoms with E-state index in [1.807, 2.05) is 28.9 Å². The quantitative estimate of drug-likeness (QED) is 0.868. The van der Waals surface area contributed by atoms with E-state index < -0.39 is 5.97 Å². The maximum absolute atomic E-state index is 10.5. The molecular weight excluding hydrogens is 324 g/mol. The largest absolute Gasteiger partial charge is 0.482 e. The van der Waals surface area contributed by atoms with Crippen LogP contribution >= 0.6 is 0 Å². The maximum atomic E-state index is 10.5. The van der Waals surface area contributed by atoms with Crippen LogP contribution in [0.2, 0.25) is 0 Å². The van der Waals surface area contributed by atoms with Crippen LogP contribution in [0.3, 0.4) is 0 Å². The lowest BCUT2D eigenvalue weighted by Crippen LogP contribution is -2.47. The zero-order chi connectivity index (χ0) is 17.2. The molecule has 8 heteroatoms. The molecule has 8 nitrogen and oxygen atoms in total. The molecule has 0 amide bonds. The second-order valence-corrected chi connectivity index (χ2v) is 6.44. The second kappa shape index (κ2) is 6.81. The number of carboxylic acid groups (broad SMARTS) is 1. The molecule has 2 unspecified atom stereocenters. The first-order valence-electron chi connectivity index (χ1n) is 8.35. The monoisotopic (exact) mass is 344 g/mol. The van der Waals surface area contributed by atoms with E-state index in [1.54, 1.807) is 6.20 Å². The molecule has 3 heterocycles. The number of carboxylic acids is 1. The van der Waals surface area contributed by atoms with Gasteiger partial charge in [0.1, 0.15) is 5.75 Å². The topological polar surface area (TPSA) is 89.7 Å². The molecule has 0 radical (unpaired) electrons. The molecule has 0 saturated carbocycles. The van der Waals surface area contributed by atoms with E-state index in [1.165, 1.54) is 0 Å². The molecule has 2 aromatic rings. The lowest BCUT2D eigenvalue weighted by Gasteiger charge is -2.41. The van der Waals surface area contributed by atoms with Gasteiger partial charge in [0.05, 0.1) is 30.6 Å². The number of benzene rings is 1. The summed E-state index contributed by atoms with van der Waals surface area (Å²) in [5.74, 6) is -0.410. The van der Waals surface area contributed by atoms with Crippen LogP contribution in [0.1, 0.15) is 23.7 Å². The van der Waals surface area contributed by atoms with Crippen molar-refractivity contribution in [1.29, 1.82) is 0 Å².